The molecule has 0 radical (unpaired) electrons. The van der Waals surface area contributed by atoms with Gasteiger partial charge in [0.1, 0.15) is 11.5 Å². The molecule has 144 valence electrons. The number of ether oxygens (including phenoxy) is 3. The smallest absolute Gasteiger partial charge is 0.211 e. The maximum atomic E-state index is 10.9. The lowest BCUT2D eigenvalue weighted by Crippen LogP contribution is -2.46. The largest absolute Gasteiger partial charge is 0.507 e. The number of fused-ring (bicyclic) bond motifs is 4. The van der Waals surface area contributed by atoms with Gasteiger partial charge in [0.15, 0.2) is 0 Å². The number of allylic oxidation sites excluding steroid dienone is 2. The number of methoxy groups -OCH3 is 2. The van der Waals surface area contributed by atoms with Gasteiger partial charge in [-0.2, -0.15) is 0 Å². The number of rotatable bonds is 6. The Bertz CT molecular complexity index is 690. The standard InChI is InChI=1S/C22H32O4/c1-14(2)17-8-9-22(25-5)13-18(17)21-19(23)11-16(12-20(21)26-22)15(3)7-6-10-24-4/h11-12,15,18,23H,6-10,13H2,1-5H3. The van der Waals surface area contributed by atoms with Crippen LogP contribution in [-0.2, 0) is 9.47 Å². The molecule has 2 bridgehead atoms. The Morgan fingerprint density at radius 3 is 2.77 bits per heavy atom. The third kappa shape index (κ3) is 3.49. The Kier molecular flexibility index (Phi) is 5.64. The normalized spacial score (nSPS) is 25.4. The van der Waals surface area contributed by atoms with E-state index in [2.05, 4.69) is 26.8 Å². The first-order valence-electron chi connectivity index (χ1n) is 9.67. The summed E-state index contributed by atoms with van der Waals surface area (Å²) in [6.45, 7) is 7.27. The minimum Gasteiger partial charge on any atom is -0.507 e. The van der Waals surface area contributed by atoms with Crippen LogP contribution < -0.4 is 4.74 Å². The van der Waals surface area contributed by atoms with Gasteiger partial charge in [-0.3, -0.25) is 0 Å². The lowest BCUT2D eigenvalue weighted by Gasteiger charge is -2.46. The quantitative estimate of drug-likeness (QED) is 0.555. The summed E-state index contributed by atoms with van der Waals surface area (Å²) >= 11 is 0. The second-order valence-electron chi connectivity index (χ2n) is 7.99. The molecular weight excluding hydrogens is 328 g/mol. The van der Waals surface area contributed by atoms with Crippen LogP contribution in [-0.4, -0.2) is 31.7 Å². The molecule has 4 heteroatoms. The summed E-state index contributed by atoms with van der Waals surface area (Å²) in [6, 6.07) is 4.04. The molecule has 1 aliphatic heterocycles. The van der Waals surface area contributed by atoms with Gasteiger partial charge in [-0.25, -0.2) is 0 Å². The van der Waals surface area contributed by atoms with Crippen LogP contribution in [0.4, 0.5) is 0 Å². The van der Waals surface area contributed by atoms with Crippen LogP contribution >= 0.6 is 0 Å². The Balaban J connectivity index is 1.99. The van der Waals surface area contributed by atoms with Gasteiger partial charge in [0.05, 0.1) is 0 Å². The molecule has 1 saturated carbocycles. The van der Waals surface area contributed by atoms with E-state index in [1.54, 1.807) is 14.2 Å². The highest BCUT2D eigenvalue weighted by atomic mass is 16.7. The van der Waals surface area contributed by atoms with Crippen LogP contribution in [0.2, 0.25) is 0 Å². The van der Waals surface area contributed by atoms with Crippen LogP contribution in [0.3, 0.4) is 0 Å². The van der Waals surface area contributed by atoms with Crippen molar-refractivity contribution in [2.75, 3.05) is 20.8 Å². The average molecular weight is 360 g/mol. The third-order valence-electron chi connectivity index (χ3n) is 6.07. The Labute approximate surface area is 157 Å². The SMILES string of the molecule is COCCCC(C)c1cc(O)c2c(c1)OC1(OC)CCC(=C(C)C)C2C1. The molecule has 1 aromatic carbocycles. The molecule has 0 spiro atoms. The fraction of sp³-hybridized carbons (Fsp3) is 0.636. The predicted octanol–water partition coefficient (Wildman–Crippen LogP) is 5.26. The van der Waals surface area contributed by atoms with Crippen molar-refractivity contribution >= 4 is 0 Å². The molecular formula is C22H32O4. The van der Waals surface area contributed by atoms with Crippen molar-refractivity contribution in [1.82, 2.24) is 0 Å². The zero-order valence-corrected chi connectivity index (χ0v) is 16.7. The van der Waals surface area contributed by atoms with Gasteiger partial charge in [-0.1, -0.05) is 18.1 Å². The lowest BCUT2D eigenvalue weighted by atomic mass is 9.72. The summed E-state index contributed by atoms with van der Waals surface area (Å²) < 4.78 is 17.3. The second kappa shape index (κ2) is 7.61. The number of hydrogen-bond acceptors (Lipinski definition) is 4. The molecule has 0 aromatic heterocycles. The number of phenolic OH excluding ortho intramolecular Hbond substituents is 1. The highest BCUT2D eigenvalue weighted by Gasteiger charge is 2.47. The summed E-state index contributed by atoms with van der Waals surface area (Å²) in [6.07, 6.45) is 4.60. The van der Waals surface area contributed by atoms with Crippen molar-refractivity contribution in [2.24, 2.45) is 0 Å². The second-order valence-corrected chi connectivity index (χ2v) is 7.99. The molecule has 1 heterocycles. The first kappa shape index (κ1) is 19.2. The highest BCUT2D eigenvalue weighted by molar-refractivity contribution is 5.55. The molecule has 4 nitrogen and oxygen atoms in total. The van der Waals surface area contributed by atoms with Gasteiger partial charge in [0, 0.05) is 45.1 Å². The number of benzene rings is 1. The maximum Gasteiger partial charge on any atom is 0.211 e. The predicted molar refractivity (Wildman–Crippen MR) is 103 cm³/mol. The molecule has 0 saturated heterocycles. The van der Waals surface area contributed by atoms with E-state index in [-0.39, 0.29) is 5.92 Å². The third-order valence-corrected chi connectivity index (χ3v) is 6.07. The Hall–Kier alpha value is -1.52. The lowest BCUT2D eigenvalue weighted by molar-refractivity contribution is -0.189. The Morgan fingerprint density at radius 2 is 2.12 bits per heavy atom. The van der Waals surface area contributed by atoms with Crippen LogP contribution in [0.25, 0.3) is 0 Å². The van der Waals surface area contributed by atoms with Gasteiger partial charge >= 0.3 is 0 Å². The van der Waals surface area contributed by atoms with E-state index in [0.717, 1.165) is 55.6 Å². The summed E-state index contributed by atoms with van der Waals surface area (Å²) in [5.41, 5.74) is 4.80. The molecule has 2 aliphatic rings. The van der Waals surface area contributed by atoms with Crippen molar-refractivity contribution in [3.63, 3.8) is 0 Å². The monoisotopic (exact) mass is 360 g/mol. The number of hydrogen-bond donors (Lipinski definition) is 1. The highest BCUT2D eigenvalue weighted by Crippen LogP contribution is 2.55. The van der Waals surface area contributed by atoms with Crippen LogP contribution in [0.15, 0.2) is 23.3 Å². The topological polar surface area (TPSA) is 47.9 Å². The van der Waals surface area contributed by atoms with Gasteiger partial charge in [0.2, 0.25) is 5.79 Å². The first-order chi connectivity index (χ1) is 12.4. The van der Waals surface area contributed by atoms with Crippen LogP contribution in [0.1, 0.15) is 75.8 Å². The van der Waals surface area contributed by atoms with Crippen molar-refractivity contribution in [2.45, 2.75) is 70.5 Å². The Morgan fingerprint density at radius 1 is 1.35 bits per heavy atom. The molecule has 1 aromatic rings. The van der Waals surface area contributed by atoms with Crippen molar-refractivity contribution in [3.8, 4) is 11.5 Å². The van der Waals surface area contributed by atoms with Crippen LogP contribution in [0, 0.1) is 0 Å². The molecule has 1 fully saturated rings. The fourth-order valence-electron chi connectivity index (χ4n) is 4.48. The number of phenols is 1. The zero-order chi connectivity index (χ0) is 18.9. The molecule has 3 rings (SSSR count). The summed E-state index contributed by atoms with van der Waals surface area (Å²) in [7, 11) is 3.46. The van der Waals surface area contributed by atoms with Crippen molar-refractivity contribution in [3.05, 3.63) is 34.4 Å². The van der Waals surface area contributed by atoms with E-state index in [9.17, 15) is 5.11 Å². The minimum atomic E-state index is -0.568. The van der Waals surface area contributed by atoms with E-state index < -0.39 is 5.79 Å². The van der Waals surface area contributed by atoms with Gasteiger partial charge in [0.25, 0.3) is 0 Å². The van der Waals surface area contributed by atoms with E-state index in [4.69, 9.17) is 14.2 Å². The van der Waals surface area contributed by atoms with Gasteiger partial charge in [-0.05, 0) is 56.7 Å². The van der Waals surface area contributed by atoms with Gasteiger partial charge in [-0.15, -0.1) is 0 Å². The maximum absolute atomic E-state index is 10.9. The molecule has 1 N–H and O–H groups in total. The van der Waals surface area contributed by atoms with E-state index in [1.165, 1.54) is 11.1 Å². The fourth-order valence-corrected chi connectivity index (χ4v) is 4.48. The molecule has 1 aliphatic carbocycles. The zero-order valence-electron chi connectivity index (χ0n) is 16.7. The van der Waals surface area contributed by atoms with Crippen molar-refractivity contribution in [1.29, 1.82) is 0 Å². The van der Waals surface area contributed by atoms with E-state index in [0.29, 0.717) is 11.7 Å². The van der Waals surface area contributed by atoms with E-state index in [1.807, 2.05) is 6.07 Å². The molecule has 0 amide bonds. The minimum absolute atomic E-state index is 0.176. The van der Waals surface area contributed by atoms with E-state index >= 15 is 0 Å². The summed E-state index contributed by atoms with van der Waals surface area (Å²) in [4.78, 5) is 0. The van der Waals surface area contributed by atoms with Crippen LogP contribution in [0.5, 0.6) is 11.5 Å². The average Bonchev–Trinajstić information content (AvgIpc) is 2.61. The molecule has 26 heavy (non-hydrogen) atoms. The summed E-state index contributed by atoms with van der Waals surface area (Å²) in [5.74, 6) is 1.09. The summed E-state index contributed by atoms with van der Waals surface area (Å²) in [5, 5.41) is 10.9. The first-order valence-corrected chi connectivity index (χ1v) is 9.67. The molecule has 3 unspecified atom stereocenters. The molecule has 3 atom stereocenters. The van der Waals surface area contributed by atoms with Gasteiger partial charge < -0.3 is 19.3 Å². The van der Waals surface area contributed by atoms with Crippen molar-refractivity contribution < 1.29 is 19.3 Å². The number of aromatic hydroxyl groups is 1.